The summed E-state index contributed by atoms with van der Waals surface area (Å²) in [5.74, 6) is -1.65. The Hall–Kier alpha value is -3.82. The van der Waals surface area contributed by atoms with E-state index in [1.165, 1.54) is 24.3 Å². The fourth-order valence-electron chi connectivity index (χ4n) is 3.17. The second-order valence-corrected chi connectivity index (χ2v) is 8.78. The van der Waals surface area contributed by atoms with Gasteiger partial charge in [-0.05, 0) is 61.2 Å². The zero-order valence-electron chi connectivity index (χ0n) is 17.7. The smallest absolute Gasteiger partial charge is 0.335 e. The zero-order valence-corrected chi connectivity index (χ0v) is 19.3. The quantitative estimate of drug-likeness (QED) is 0.446. The Kier molecular flexibility index (Phi) is 6.58. The second-order valence-electron chi connectivity index (χ2n) is 7.38. The van der Waals surface area contributed by atoms with E-state index in [-0.39, 0.29) is 16.2 Å². The van der Waals surface area contributed by atoms with E-state index in [0.717, 1.165) is 10.5 Å². The van der Waals surface area contributed by atoms with Gasteiger partial charge in [0.2, 0.25) is 5.91 Å². The van der Waals surface area contributed by atoms with Gasteiger partial charge in [-0.3, -0.25) is 19.3 Å². The normalized spacial score (nSPS) is 14.6. The number of imide groups is 1. The van der Waals surface area contributed by atoms with E-state index < -0.39 is 29.6 Å². The number of amides is 3. The Balaban J connectivity index is 1.48. The predicted molar refractivity (Wildman–Crippen MR) is 129 cm³/mol. The van der Waals surface area contributed by atoms with Gasteiger partial charge in [-0.2, -0.15) is 0 Å². The fraction of sp³-hybridized carbons (Fsp3) is 0.0833. The largest absolute Gasteiger partial charge is 0.478 e. The van der Waals surface area contributed by atoms with Gasteiger partial charge in [-0.25, -0.2) is 4.79 Å². The molecule has 3 amide bonds. The maximum absolute atomic E-state index is 12.7. The molecule has 1 aliphatic rings. The first-order chi connectivity index (χ1) is 16.2. The predicted octanol–water partition coefficient (Wildman–Crippen LogP) is 5.28. The van der Waals surface area contributed by atoms with Gasteiger partial charge in [-0.15, -0.1) is 0 Å². The van der Waals surface area contributed by atoms with Crippen molar-refractivity contribution in [1.82, 2.24) is 4.90 Å². The Morgan fingerprint density at radius 2 is 1.85 bits per heavy atom. The number of carboxylic acids is 1. The average Bonchev–Trinajstić information content (AvgIpc) is 3.35. The Bertz CT molecular complexity index is 1350. The summed E-state index contributed by atoms with van der Waals surface area (Å²) in [5.41, 5.74) is 2.02. The number of furan rings is 1. The number of nitrogens with zero attached hydrogens (tertiary/aromatic N) is 1. The molecule has 172 valence electrons. The van der Waals surface area contributed by atoms with Crippen molar-refractivity contribution in [3.05, 3.63) is 81.4 Å². The van der Waals surface area contributed by atoms with E-state index >= 15 is 0 Å². The van der Waals surface area contributed by atoms with Crippen LogP contribution in [0, 0.1) is 6.92 Å². The number of benzene rings is 2. The maximum atomic E-state index is 12.7. The lowest BCUT2D eigenvalue weighted by Crippen LogP contribution is -2.36. The van der Waals surface area contributed by atoms with Crippen LogP contribution in [0.5, 0.6) is 0 Å². The van der Waals surface area contributed by atoms with E-state index in [1.54, 1.807) is 24.3 Å². The molecule has 1 aromatic heterocycles. The first-order valence-electron chi connectivity index (χ1n) is 9.96. The highest BCUT2D eigenvalue weighted by molar-refractivity contribution is 8.18. The topological polar surface area (TPSA) is 117 Å². The number of carbonyl (C=O) groups is 4. The monoisotopic (exact) mass is 496 g/mol. The highest BCUT2D eigenvalue weighted by Crippen LogP contribution is 2.35. The number of carbonyl (C=O) groups excluding carboxylic acids is 3. The van der Waals surface area contributed by atoms with Gasteiger partial charge in [-0.1, -0.05) is 29.3 Å². The molecule has 8 nitrogen and oxygen atoms in total. The summed E-state index contributed by atoms with van der Waals surface area (Å²) in [5, 5.41) is 11.6. The third-order valence-electron chi connectivity index (χ3n) is 4.89. The summed E-state index contributed by atoms with van der Waals surface area (Å²) in [6, 6.07) is 14.5. The number of halogens is 1. The van der Waals surface area contributed by atoms with Gasteiger partial charge in [0, 0.05) is 17.3 Å². The van der Waals surface area contributed by atoms with Crippen LogP contribution in [0.15, 0.2) is 63.9 Å². The number of hydrogen-bond acceptors (Lipinski definition) is 6. The van der Waals surface area contributed by atoms with Crippen LogP contribution in [-0.2, 0) is 9.59 Å². The van der Waals surface area contributed by atoms with Crippen LogP contribution in [-0.4, -0.2) is 39.6 Å². The summed E-state index contributed by atoms with van der Waals surface area (Å²) in [7, 11) is 0. The van der Waals surface area contributed by atoms with Crippen LogP contribution in [0.4, 0.5) is 10.5 Å². The number of hydrogen-bond donors (Lipinski definition) is 2. The van der Waals surface area contributed by atoms with E-state index in [1.807, 2.05) is 19.1 Å². The van der Waals surface area contributed by atoms with Crippen LogP contribution in [0.2, 0.25) is 5.02 Å². The van der Waals surface area contributed by atoms with Gasteiger partial charge < -0.3 is 14.8 Å². The molecule has 1 fully saturated rings. The third-order valence-corrected chi connectivity index (χ3v) is 6.13. The SMILES string of the molecule is Cc1ccc(NC(=O)CN2C(=O)S/C(=C/c3ccc(-c4cc(C(=O)O)ccc4Cl)o3)C2=O)cc1. The summed E-state index contributed by atoms with van der Waals surface area (Å²) < 4.78 is 5.71. The van der Waals surface area contributed by atoms with Crippen LogP contribution in [0.1, 0.15) is 21.7 Å². The van der Waals surface area contributed by atoms with Crippen molar-refractivity contribution in [2.24, 2.45) is 0 Å². The van der Waals surface area contributed by atoms with Crippen molar-refractivity contribution < 1.29 is 28.7 Å². The lowest BCUT2D eigenvalue weighted by Gasteiger charge is -2.12. The molecule has 34 heavy (non-hydrogen) atoms. The lowest BCUT2D eigenvalue weighted by molar-refractivity contribution is -0.127. The first-order valence-corrected chi connectivity index (χ1v) is 11.2. The minimum absolute atomic E-state index is 0.0439. The number of nitrogens with one attached hydrogen (secondary N) is 1. The molecule has 4 rings (SSSR count). The lowest BCUT2D eigenvalue weighted by atomic mass is 10.1. The maximum Gasteiger partial charge on any atom is 0.335 e. The van der Waals surface area contributed by atoms with Crippen molar-refractivity contribution in [3.8, 4) is 11.3 Å². The summed E-state index contributed by atoms with van der Waals surface area (Å²) >= 11 is 6.87. The summed E-state index contributed by atoms with van der Waals surface area (Å²) in [4.78, 5) is 49.6. The number of anilines is 1. The van der Waals surface area contributed by atoms with Crippen molar-refractivity contribution in [3.63, 3.8) is 0 Å². The van der Waals surface area contributed by atoms with Crippen molar-refractivity contribution in [1.29, 1.82) is 0 Å². The average molecular weight is 497 g/mol. The number of aryl methyl sites for hydroxylation is 1. The third kappa shape index (κ3) is 5.05. The highest BCUT2D eigenvalue weighted by Gasteiger charge is 2.36. The minimum atomic E-state index is -1.11. The molecule has 0 radical (unpaired) electrons. The first kappa shape index (κ1) is 23.3. The van der Waals surface area contributed by atoms with Gasteiger partial charge in [0.05, 0.1) is 15.5 Å². The van der Waals surface area contributed by atoms with Gasteiger partial charge in [0.1, 0.15) is 18.1 Å². The summed E-state index contributed by atoms with van der Waals surface area (Å²) in [6.07, 6.45) is 1.39. The van der Waals surface area contributed by atoms with Crippen molar-refractivity contribution in [2.45, 2.75) is 6.92 Å². The molecule has 0 spiro atoms. The molecular weight excluding hydrogens is 480 g/mol. The molecule has 0 bridgehead atoms. The highest BCUT2D eigenvalue weighted by atomic mass is 35.5. The molecule has 0 saturated carbocycles. The van der Waals surface area contributed by atoms with Crippen LogP contribution < -0.4 is 5.32 Å². The second kappa shape index (κ2) is 9.58. The molecule has 0 atom stereocenters. The van der Waals surface area contributed by atoms with E-state index in [9.17, 15) is 24.3 Å². The Morgan fingerprint density at radius 3 is 2.56 bits per heavy atom. The minimum Gasteiger partial charge on any atom is -0.478 e. The fourth-order valence-corrected chi connectivity index (χ4v) is 4.20. The molecule has 3 aromatic rings. The van der Waals surface area contributed by atoms with Gasteiger partial charge in [0.15, 0.2) is 0 Å². The number of aromatic carboxylic acids is 1. The molecule has 2 heterocycles. The molecule has 0 unspecified atom stereocenters. The standard InChI is InChI=1S/C24H17ClN2O6S/c1-13-2-5-15(6-3-13)26-21(28)12-27-22(29)20(34-24(27)32)11-16-7-9-19(33-16)17-10-14(23(30)31)4-8-18(17)25/h2-11H,12H2,1H3,(H,26,28)(H,30,31)/b20-11+. The summed E-state index contributed by atoms with van der Waals surface area (Å²) in [6.45, 7) is 1.50. The molecular formula is C24H17ClN2O6S. The van der Waals surface area contributed by atoms with Crippen LogP contribution in [0.25, 0.3) is 17.4 Å². The van der Waals surface area contributed by atoms with E-state index in [0.29, 0.717) is 33.8 Å². The number of thioether (sulfide) groups is 1. The van der Waals surface area contributed by atoms with E-state index in [4.69, 9.17) is 16.0 Å². The van der Waals surface area contributed by atoms with Gasteiger partial charge in [0.25, 0.3) is 11.1 Å². The van der Waals surface area contributed by atoms with Crippen molar-refractivity contribution in [2.75, 3.05) is 11.9 Å². The van der Waals surface area contributed by atoms with Crippen LogP contribution >= 0.6 is 23.4 Å². The number of rotatable bonds is 6. The van der Waals surface area contributed by atoms with E-state index in [2.05, 4.69) is 5.32 Å². The molecule has 1 saturated heterocycles. The van der Waals surface area contributed by atoms with Crippen molar-refractivity contribution >= 4 is 58.1 Å². The molecule has 10 heteroatoms. The zero-order chi connectivity index (χ0) is 24.4. The Labute approximate surface area is 203 Å². The molecule has 1 aliphatic heterocycles. The molecule has 0 aliphatic carbocycles. The molecule has 2 aromatic carbocycles. The molecule has 2 N–H and O–H groups in total. The Morgan fingerprint density at radius 1 is 1.12 bits per heavy atom. The van der Waals surface area contributed by atoms with Gasteiger partial charge >= 0.3 is 5.97 Å². The number of carboxylic acid groups (broad SMARTS) is 1. The van der Waals surface area contributed by atoms with Crippen LogP contribution in [0.3, 0.4) is 0 Å².